The van der Waals surface area contributed by atoms with Crippen LogP contribution in [-0.4, -0.2) is 30.9 Å². The van der Waals surface area contributed by atoms with Gasteiger partial charge in [-0.2, -0.15) is 0 Å². The van der Waals surface area contributed by atoms with E-state index in [9.17, 15) is 18.8 Å². The van der Waals surface area contributed by atoms with Crippen molar-refractivity contribution in [2.75, 3.05) is 23.4 Å². The third-order valence-corrected chi connectivity index (χ3v) is 5.43. The number of nitrogens with zero attached hydrogens (tertiary/aromatic N) is 1. The topological polar surface area (TPSA) is 75.7 Å². The number of carbonyl (C=O) groups excluding carboxylic acids is 3. The zero-order valence-corrected chi connectivity index (χ0v) is 18.3. The normalized spacial score (nSPS) is 15.9. The number of anilines is 2. The first-order valence-corrected chi connectivity index (χ1v) is 10.4. The molecule has 30 heavy (non-hydrogen) atoms. The van der Waals surface area contributed by atoms with Gasteiger partial charge in [-0.05, 0) is 60.9 Å². The molecule has 2 aromatic rings. The van der Waals surface area contributed by atoms with Gasteiger partial charge in [0, 0.05) is 28.8 Å². The van der Waals surface area contributed by atoms with E-state index in [0.717, 1.165) is 22.0 Å². The standard InChI is InChI=1S/C22H22BrFN2O4/c1-3-14-9-16(23)8-13(2)21(14)25-19(27)12-30-22(29)15-10-20(28)26(11-15)18-6-4-17(24)5-7-18/h4-9,15H,3,10-12H2,1-2H3,(H,25,27)/t15-/m1/s1. The molecule has 1 saturated heterocycles. The van der Waals surface area contributed by atoms with Crippen LogP contribution in [0.15, 0.2) is 40.9 Å². The van der Waals surface area contributed by atoms with Crippen LogP contribution in [0.5, 0.6) is 0 Å². The minimum absolute atomic E-state index is 0.0103. The lowest BCUT2D eigenvalue weighted by Crippen LogP contribution is -2.28. The van der Waals surface area contributed by atoms with Gasteiger partial charge >= 0.3 is 5.97 Å². The first-order chi connectivity index (χ1) is 14.3. The van der Waals surface area contributed by atoms with Gasteiger partial charge in [0.05, 0.1) is 5.92 Å². The van der Waals surface area contributed by atoms with Gasteiger partial charge in [-0.1, -0.05) is 22.9 Å². The summed E-state index contributed by atoms with van der Waals surface area (Å²) < 4.78 is 19.2. The molecule has 0 radical (unpaired) electrons. The third-order valence-electron chi connectivity index (χ3n) is 4.97. The molecule has 2 aromatic carbocycles. The summed E-state index contributed by atoms with van der Waals surface area (Å²) in [6.07, 6.45) is 0.725. The molecule has 0 aromatic heterocycles. The number of amides is 2. The predicted molar refractivity (Wildman–Crippen MR) is 115 cm³/mol. The molecule has 1 heterocycles. The Kier molecular flexibility index (Phi) is 6.87. The first-order valence-electron chi connectivity index (χ1n) is 9.60. The highest BCUT2D eigenvalue weighted by atomic mass is 79.9. The summed E-state index contributed by atoms with van der Waals surface area (Å²) >= 11 is 3.44. The highest BCUT2D eigenvalue weighted by molar-refractivity contribution is 9.10. The molecule has 0 aliphatic carbocycles. The molecular formula is C22H22BrFN2O4. The quantitative estimate of drug-likeness (QED) is 0.639. The van der Waals surface area contributed by atoms with Crippen molar-refractivity contribution in [1.29, 1.82) is 0 Å². The molecular weight excluding hydrogens is 455 g/mol. The number of hydrogen-bond donors (Lipinski definition) is 1. The van der Waals surface area contributed by atoms with Crippen LogP contribution in [0.25, 0.3) is 0 Å². The Hall–Kier alpha value is -2.74. The second-order valence-corrected chi connectivity index (χ2v) is 8.06. The average molecular weight is 477 g/mol. The van der Waals surface area contributed by atoms with Gasteiger partial charge in [-0.25, -0.2) is 4.39 Å². The van der Waals surface area contributed by atoms with E-state index in [2.05, 4.69) is 21.2 Å². The molecule has 0 saturated carbocycles. The van der Waals surface area contributed by atoms with E-state index in [1.54, 1.807) is 0 Å². The fourth-order valence-electron chi connectivity index (χ4n) is 3.44. The van der Waals surface area contributed by atoms with Crippen molar-refractivity contribution in [3.05, 3.63) is 57.8 Å². The number of ether oxygens (including phenoxy) is 1. The Morgan fingerprint density at radius 3 is 2.63 bits per heavy atom. The highest BCUT2D eigenvalue weighted by Gasteiger charge is 2.36. The Morgan fingerprint density at radius 2 is 1.97 bits per heavy atom. The van der Waals surface area contributed by atoms with E-state index >= 15 is 0 Å². The molecule has 1 N–H and O–H groups in total. The number of carbonyl (C=O) groups is 3. The Morgan fingerprint density at radius 1 is 1.27 bits per heavy atom. The van der Waals surface area contributed by atoms with Crippen molar-refractivity contribution in [3.8, 4) is 0 Å². The van der Waals surface area contributed by atoms with Crippen LogP contribution in [0.1, 0.15) is 24.5 Å². The summed E-state index contributed by atoms with van der Waals surface area (Å²) in [6, 6.07) is 9.32. The van der Waals surface area contributed by atoms with Gasteiger partial charge in [-0.15, -0.1) is 0 Å². The molecule has 3 rings (SSSR count). The molecule has 0 bridgehead atoms. The van der Waals surface area contributed by atoms with Gasteiger partial charge in [0.2, 0.25) is 5.91 Å². The second-order valence-electron chi connectivity index (χ2n) is 7.15. The van der Waals surface area contributed by atoms with E-state index < -0.39 is 30.2 Å². The van der Waals surface area contributed by atoms with Crippen molar-refractivity contribution in [3.63, 3.8) is 0 Å². The lowest BCUT2D eigenvalue weighted by Gasteiger charge is -2.16. The van der Waals surface area contributed by atoms with Crippen molar-refractivity contribution in [1.82, 2.24) is 0 Å². The fourth-order valence-corrected chi connectivity index (χ4v) is 4.06. The summed E-state index contributed by atoms with van der Waals surface area (Å²) in [7, 11) is 0. The summed E-state index contributed by atoms with van der Waals surface area (Å²) in [5.74, 6) is -2.36. The average Bonchev–Trinajstić information content (AvgIpc) is 3.10. The van der Waals surface area contributed by atoms with E-state index in [-0.39, 0.29) is 18.9 Å². The summed E-state index contributed by atoms with van der Waals surface area (Å²) in [5.41, 5.74) is 3.10. The lowest BCUT2D eigenvalue weighted by atomic mass is 10.1. The van der Waals surface area contributed by atoms with Gasteiger partial charge in [0.15, 0.2) is 6.61 Å². The molecule has 0 spiro atoms. The Bertz CT molecular complexity index is 978. The van der Waals surface area contributed by atoms with E-state index in [4.69, 9.17) is 4.74 Å². The third kappa shape index (κ3) is 5.05. The molecule has 1 aliphatic rings. The minimum atomic E-state index is -0.670. The van der Waals surface area contributed by atoms with Crippen LogP contribution in [0.3, 0.4) is 0 Å². The first kappa shape index (κ1) is 22.0. The van der Waals surface area contributed by atoms with Crippen LogP contribution in [0, 0.1) is 18.7 Å². The van der Waals surface area contributed by atoms with Gasteiger partial charge in [0.25, 0.3) is 5.91 Å². The summed E-state index contributed by atoms with van der Waals surface area (Å²) in [4.78, 5) is 38.3. The number of hydrogen-bond acceptors (Lipinski definition) is 4. The zero-order chi connectivity index (χ0) is 21.8. The maximum Gasteiger partial charge on any atom is 0.311 e. The molecule has 2 amide bonds. The van der Waals surface area contributed by atoms with Crippen LogP contribution in [0.2, 0.25) is 0 Å². The maximum absolute atomic E-state index is 13.1. The van der Waals surface area contributed by atoms with Crippen LogP contribution < -0.4 is 10.2 Å². The molecule has 6 nitrogen and oxygen atoms in total. The van der Waals surface area contributed by atoms with Gasteiger partial charge in [0.1, 0.15) is 5.82 Å². The summed E-state index contributed by atoms with van der Waals surface area (Å²) in [6.45, 7) is 3.58. The molecule has 1 fully saturated rings. The van der Waals surface area contributed by atoms with Crippen LogP contribution >= 0.6 is 15.9 Å². The number of esters is 1. The van der Waals surface area contributed by atoms with Crippen molar-refractivity contribution >= 4 is 45.1 Å². The number of nitrogens with one attached hydrogen (secondary N) is 1. The lowest BCUT2D eigenvalue weighted by molar-refractivity contribution is -0.151. The summed E-state index contributed by atoms with van der Waals surface area (Å²) in [5, 5.41) is 2.80. The number of aryl methyl sites for hydroxylation is 2. The predicted octanol–water partition coefficient (Wildman–Crippen LogP) is 3.99. The monoisotopic (exact) mass is 476 g/mol. The van der Waals surface area contributed by atoms with Crippen molar-refractivity contribution < 1.29 is 23.5 Å². The molecule has 158 valence electrons. The van der Waals surface area contributed by atoms with E-state index in [1.807, 2.05) is 26.0 Å². The smallest absolute Gasteiger partial charge is 0.311 e. The molecule has 8 heteroatoms. The number of benzene rings is 2. The van der Waals surface area contributed by atoms with Gasteiger partial charge < -0.3 is 15.0 Å². The van der Waals surface area contributed by atoms with E-state index in [0.29, 0.717) is 11.4 Å². The van der Waals surface area contributed by atoms with Crippen molar-refractivity contribution in [2.45, 2.75) is 26.7 Å². The van der Waals surface area contributed by atoms with Crippen LogP contribution in [-0.2, 0) is 25.5 Å². The Labute approximate surface area is 182 Å². The van der Waals surface area contributed by atoms with Crippen molar-refractivity contribution in [2.24, 2.45) is 5.92 Å². The number of rotatable bonds is 6. The second kappa shape index (κ2) is 9.38. The zero-order valence-electron chi connectivity index (χ0n) is 16.7. The molecule has 0 unspecified atom stereocenters. The highest BCUT2D eigenvalue weighted by Crippen LogP contribution is 2.27. The fraction of sp³-hybridized carbons (Fsp3) is 0.318. The maximum atomic E-state index is 13.1. The van der Waals surface area contributed by atoms with Gasteiger partial charge in [-0.3, -0.25) is 14.4 Å². The molecule has 1 aliphatic heterocycles. The molecule has 1 atom stereocenters. The SMILES string of the molecule is CCc1cc(Br)cc(C)c1NC(=O)COC(=O)[C@@H]1CC(=O)N(c2ccc(F)cc2)C1. The van der Waals surface area contributed by atoms with E-state index in [1.165, 1.54) is 29.2 Å². The minimum Gasteiger partial charge on any atom is -0.455 e. The largest absolute Gasteiger partial charge is 0.455 e. The number of halogens is 2. The Balaban J connectivity index is 1.56. The van der Waals surface area contributed by atoms with Crippen LogP contribution in [0.4, 0.5) is 15.8 Å².